The molecule has 0 spiro atoms. The van der Waals surface area contributed by atoms with Gasteiger partial charge in [-0.3, -0.25) is 4.79 Å². The highest BCUT2D eigenvalue weighted by atomic mass is 16.1. The van der Waals surface area contributed by atoms with Gasteiger partial charge >= 0.3 is 0 Å². The monoisotopic (exact) mass is 351 g/mol. The van der Waals surface area contributed by atoms with Crippen molar-refractivity contribution < 1.29 is 0 Å². The van der Waals surface area contributed by atoms with E-state index in [1.165, 1.54) is 25.7 Å². The molecule has 0 aliphatic heterocycles. The third-order valence-corrected chi connectivity index (χ3v) is 5.85. The minimum absolute atomic E-state index is 0.0377. The molecule has 0 bridgehead atoms. The second-order valence-corrected chi connectivity index (χ2v) is 8.04. The van der Waals surface area contributed by atoms with Crippen LogP contribution in [0, 0.1) is 0 Å². The molecule has 5 rings (SSSR count). The van der Waals surface area contributed by atoms with Gasteiger partial charge in [0.25, 0.3) is 5.56 Å². The quantitative estimate of drug-likeness (QED) is 0.894. The van der Waals surface area contributed by atoms with Gasteiger partial charge in [0.05, 0.1) is 11.7 Å². The van der Waals surface area contributed by atoms with Gasteiger partial charge in [0.1, 0.15) is 11.6 Å². The summed E-state index contributed by atoms with van der Waals surface area (Å²) in [6.07, 6.45) is 10.8. The number of rotatable bonds is 5. The highest BCUT2D eigenvalue weighted by Gasteiger charge is 2.29. The zero-order valence-electron chi connectivity index (χ0n) is 15.0. The third-order valence-electron chi connectivity index (χ3n) is 5.85. The van der Waals surface area contributed by atoms with E-state index in [0.29, 0.717) is 17.9 Å². The van der Waals surface area contributed by atoms with Crippen LogP contribution in [0.5, 0.6) is 0 Å². The first kappa shape index (κ1) is 16.0. The number of nitrogens with zero attached hydrogens (tertiary/aromatic N) is 4. The second-order valence-electron chi connectivity index (χ2n) is 8.04. The minimum Gasteiger partial charge on any atom is -0.367 e. The van der Waals surface area contributed by atoms with Gasteiger partial charge in [-0.2, -0.15) is 5.10 Å². The van der Waals surface area contributed by atoms with Gasteiger partial charge in [-0.15, -0.1) is 0 Å². The largest absolute Gasteiger partial charge is 0.367 e. The zero-order valence-corrected chi connectivity index (χ0v) is 15.0. The maximum absolute atomic E-state index is 12.3. The van der Waals surface area contributed by atoms with E-state index in [1.54, 1.807) is 10.7 Å². The minimum atomic E-state index is 0.0377. The summed E-state index contributed by atoms with van der Waals surface area (Å²) in [4.78, 5) is 21.3. The first-order valence-corrected chi connectivity index (χ1v) is 9.95. The van der Waals surface area contributed by atoms with Crippen LogP contribution in [0.4, 0.5) is 5.82 Å². The van der Waals surface area contributed by atoms with Crippen LogP contribution in [0.15, 0.2) is 29.2 Å². The lowest BCUT2D eigenvalue weighted by atomic mass is 9.91. The molecule has 136 valence electrons. The number of nitrogens with one attached hydrogen (secondary N) is 1. The molecule has 0 saturated heterocycles. The fourth-order valence-corrected chi connectivity index (χ4v) is 3.96. The van der Waals surface area contributed by atoms with E-state index in [1.807, 2.05) is 18.3 Å². The average Bonchev–Trinajstić information content (AvgIpc) is 3.56. The lowest BCUT2D eigenvalue weighted by Crippen LogP contribution is -2.33. The van der Waals surface area contributed by atoms with Gasteiger partial charge in [0.15, 0.2) is 0 Å². The van der Waals surface area contributed by atoms with Gasteiger partial charge in [0.2, 0.25) is 0 Å². The van der Waals surface area contributed by atoms with Crippen LogP contribution >= 0.6 is 0 Å². The molecule has 0 amide bonds. The first-order chi connectivity index (χ1) is 12.8. The molecule has 0 atom stereocenters. The van der Waals surface area contributed by atoms with Crippen molar-refractivity contribution in [2.75, 3.05) is 5.32 Å². The van der Waals surface area contributed by atoms with Crippen molar-refractivity contribution in [2.45, 2.75) is 75.3 Å². The molecule has 6 heteroatoms. The van der Waals surface area contributed by atoms with Gasteiger partial charge in [-0.1, -0.05) is 0 Å². The summed E-state index contributed by atoms with van der Waals surface area (Å²) in [7, 11) is 0. The Morgan fingerprint density at radius 1 is 0.923 bits per heavy atom. The number of aromatic nitrogens is 4. The van der Waals surface area contributed by atoms with E-state index >= 15 is 0 Å². The Hall–Kier alpha value is -2.24. The van der Waals surface area contributed by atoms with Crippen LogP contribution < -0.4 is 10.9 Å². The van der Waals surface area contributed by atoms with Gasteiger partial charge < -0.3 is 5.32 Å². The van der Waals surface area contributed by atoms with Crippen molar-refractivity contribution in [2.24, 2.45) is 0 Å². The van der Waals surface area contributed by atoms with Crippen molar-refractivity contribution in [1.29, 1.82) is 0 Å². The van der Waals surface area contributed by atoms with Crippen molar-refractivity contribution in [1.82, 2.24) is 19.7 Å². The Morgan fingerprint density at radius 3 is 2.42 bits per heavy atom. The van der Waals surface area contributed by atoms with Gasteiger partial charge in [-0.25, -0.2) is 14.6 Å². The Labute approximate surface area is 153 Å². The molecule has 1 N–H and O–H groups in total. The highest BCUT2D eigenvalue weighted by Crippen LogP contribution is 2.39. The Morgan fingerprint density at radius 2 is 1.69 bits per heavy atom. The molecule has 3 aliphatic carbocycles. The van der Waals surface area contributed by atoms with Crippen LogP contribution in [0.3, 0.4) is 0 Å². The molecule has 2 aromatic rings. The Balaban J connectivity index is 1.23. The fourth-order valence-electron chi connectivity index (χ4n) is 3.96. The second kappa shape index (κ2) is 6.49. The number of hydrogen-bond donors (Lipinski definition) is 1. The lowest BCUT2D eigenvalue weighted by molar-refractivity contribution is 0.301. The van der Waals surface area contributed by atoms with Crippen molar-refractivity contribution >= 4 is 5.82 Å². The molecule has 6 nitrogen and oxygen atoms in total. The molecule has 0 radical (unpaired) electrons. The SMILES string of the molecule is O=c1ccc(C2CC2)nn1C1CCC(Nc2ccnc(C3CC3)n2)CC1. The van der Waals surface area contributed by atoms with E-state index in [0.717, 1.165) is 43.0 Å². The lowest BCUT2D eigenvalue weighted by Gasteiger charge is -2.30. The Bertz CT molecular complexity index is 847. The molecule has 2 heterocycles. The average molecular weight is 351 g/mol. The van der Waals surface area contributed by atoms with E-state index in [-0.39, 0.29) is 11.6 Å². The molecule has 3 aliphatic rings. The molecule has 3 fully saturated rings. The van der Waals surface area contributed by atoms with E-state index in [4.69, 9.17) is 0 Å². The topological polar surface area (TPSA) is 72.7 Å². The van der Waals surface area contributed by atoms with Gasteiger partial charge in [-0.05, 0) is 63.5 Å². The summed E-state index contributed by atoms with van der Waals surface area (Å²) < 4.78 is 1.75. The third kappa shape index (κ3) is 3.37. The summed E-state index contributed by atoms with van der Waals surface area (Å²) in [5.74, 6) is 3.08. The summed E-state index contributed by atoms with van der Waals surface area (Å²) in [6.45, 7) is 0. The molecule has 26 heavy (non-hydrogen) atoms. The van der Waals surface area contributed by atoms with Crippen LogP contribution in [-0.4, -0.2) is 25.8 Å². The summed E-state index contributed by atoms with van der Waals surface area (Å²) in [5.41, 5.74) is 1.13. The van der Waals surface area contributed by atoms with E-state index in [2.05, 4.69) is 20.4 Å². The van der Waals surface area contributed by atoms with Crippen molar-refractivity contribution in [3.63, 3.8) is 0 Å². The number of hydrogen-bond acceptors (Lipinski definition) is 5. The van der Waals surface area contributed by atoms with Crippen LogP contribution in [-0.2, 0) is 0 Å². The van der Waals surface area contributed by atoms with Gasteiger partial charge in [0, 0.05) is 30.1 Å². The van der Waals surface area contributed by atoms with Crippen molar-refractivity contribution in [3.8, 4) is 0 Å². The Kier molecular flexibility index (Phi) is 3.98. The maximum atomic E-state index is 12.3. The fraction of sp³-hybridized carbons (Fsp3) is 0.600. The molecule has 2 aromatic heterocycles. The summed E-state index contributed by atoms with van der Waals surface area (Å²) >= 11 is 0. The predicted molar refractivity (Wildman–Crippen MR) is 99.4 cm³/mol. The van der Waals surface area contributed by atoms with Crippen LogP contribution in [0.1, 0.15) is 80.8 Å². The first-order valence-electron chi connectivity index (χ1n) is 9.95. The summed E-state index contributed by atoms with van der Waals surface area (Å²) in [5, 5.41) is 8.24. The van der Waals surface area contributed by atoms with Crippen LogP contribution in [0.2, 0.25) is 0 Å². The number of anilines is 1. The van der Waals surface area contributed by atoms with E-state index < -0.39 is 0 Å². The predicted octanol–water partition coefficient (Wildman–Crippen LogP) is 3.38. The smallest absolute Gasteiger partial charge is 0.267 e. The summed E-state index contributed by atoms with van der Waals surface area (Å²) in [6, 6.07) is 6.21. The molecule has 0 unspecified atom stereocenters. The van der Waals surface area contributed by atoms with Crippen LogP contribution in [0.25, 0.3) is 0 Å². The molecule has 0 aromatic carbocycles. The maximum Gasteiger partial charge on any atom is 0.267 e. The van der Waals surface area contributed by atoms with Crippen molar-refractivity contribution in [3.05, 3.63) is 46.3 Å². The molecular weight excluding hydrogens is 326 g/mol. The van der Waals surface area contributed by atoms with E-state index in [9.17, 15) is 4.79 Å². The zero-order chi connectivity index (χ0) is 17.5. The normalized spacial score (nSPS) is 25.8. The highest BCUT2D eigenvalue weighted by molar-refractivity contribution is 5.35. The molecule has 3 saturated carbocycles. The standard InChI is InChI=1S/C20H25N5O/c26-19-10-9-17(13-1-2-13)24-25(19)16-7-5-15(6-8-16)22-18-11-12-21-20(23-18)14-3-4-14/h9-16H,1-8H2,(H,21,22,23). The molecular formula is C20H25N5O.